The Morgan fingerprint density at radius 2 is 1.81 bits per heavy atom. The highest BCUT2D eigenvalue weighted by Crippen LogP contribution is 2.34. The standard InChI is InChI=1S/C18H16N6OS/c1-23-19-10-17(22-23)21-18(25)12-24-11-14(9-20-24)16-8-7-15(26-16)13-5-3-2-4-6-13/h2-11H,12H2,1H3,(H,21,22,25). The molecule has 0 saturated carbocycles. The summed E-state index contributed by atoms with van der Waals surface area (Å²) in [5.74, 6) is 0.229. The number of nitrogens with zero attached hydrogens (tertiary/aromatic N) is 5. The molecule has 0 aliphatic carbocycles. The summed E-state index contributed by atoms with van der Waals surface area (Å²) < 4.78 is 1.61. The van der Waals surface area contributed by atoms with Crippen molar-refractivity contribution in [3.8, 4) is 20.9 Å². The van der Waals surface area contributed by atoms with Gasteiger partial charge in [-0.2, -0.15) is 15.0 Å². The van der Waals surface area contributed by atoms with Gasteiger partial charge in [-0.25, -0.2) is 0 Å². The van der Waals surface area contributed by atoms with Crippen molar-refractivity contribution in [3.05, 3.63) is 61.1 Å². The van der Waals surface area contributed by atoms with Gasteiger partial charge in [0.1, 0.15) is 6.54 Å². The number of hydrogen-bond acceptors (Lipinski definition) is 5. The molecule has 3 heterocycles. The van der Waals surface area contributed by atoms with E-state index in [1.807, 2.05) is 24.4 Å². The normalized spacial score (nSPS) is 10.8. The molecule has 1 aromatic carbocycles. The number of nitrogens with one attached hydrogen (secondary N) is 1. The van der Waals surface area contributed by atoms with Crippen molar-refractivity contribution in [2.45, 2.75) is 6.54 Å². The lowest BCUT2D eigenvalue weighted by molar-refractivity contribution is -0.116. The molecule has 1 amide bonds. The molecule has 0 unspecified atom stereocenters. The SMILES string of the molecule is Cn1ncc(NC(=O)Cn2cc(-c3ccc(-c4ccccc4)s3)cn2)n1. The van der Waals surface area contributed by atoms with Crippen LogP contribution in [-0.4, -0.2) is 30.7 Å². The molecule has 0 fully saturated rings. The summed E-state index contributed by atoms with van der Waals surface area (Å²) >= 11 is 1.70. The van der Waals surface area contributed by atoms with Gasteiger partial charge in [-0.15, -0.1) is 16.4 Å². The zero-order valence-electron chi connectivity index (χ0n) is 14.0. The molecule has 0 saturated heterocycles. The summed E-state index contributed by atoms with van der Waals surface area (Å²) in [5, 5.41) is 14.9. The Labute approximate surface area is 153 Å². The fraction of sp³-hybridized carbons (Fsp3) is 0.111. The number of carbonyl (C=O) groups excluding carboxylic acids is 1. The molecule has 8 heteroatoms. The third-order valence-electron chi connectivity index (χ3n) is 3.75. The Morgan fingerprint density at radius 1 is 1.04 bits per heavy atom. The minimum atomic E-state index is -0.198. The average Bonchev–Trinajstić information content (AvgIpc) is 3.37. The first-order valence-corrected chi connectivity index (χ1v) is 8.83. The largest absolute Gasteiger partial charge is 0.306 e. The summed E-state index contributed by atoms with van der Waals surface area (Å²) in [4.78, 5) is 15.8. The van der Waals surface area contributed by atoms with Crippen molar-refractivity contribution in [1.29, 1.82) is 0 Å². The van der Waals surface area contributed by atoms with Crippen LogP contribution in [0.3, 0.4) is 0 Å². The topological polar surface area (TPSA) is 77.6 Å². The van der Waals surface area contributed by atoms with Crippen LogP contribution in [0.1, 0.15) is 0 Å². The van der Waals surface area contributed by atoms with E-state index in [1.165, 1.54) is 21.4 Å². The molecule has 1 N–H and O–H groups in total. The van der Waals surface area contributed by atoms with Crippen molar-refractivity contribution in [2.75, 3.05) is 5.32 Å². The van der Waals surface area contributed by atoms with Gasteiger partial charge in [0.05, 0.1) is 12.4 Å². The minimum Gasteiger partial charge on any atom is -0.306 e. The van der Waals surface area contributed by atoms with E-state index in [1.54, 1.807) is 29.3 Å². The summed E-state index contributed by atoms with van der Waals surface area (Å²) in [6.45, 7) is 0.119. The van der Waals surface area contributed by atoms with Crippen LogP contribution in [-0.2, 0) is 18.4 Å². The quantitative estimate of drug-likeness (QED) is 0.590. The molecule has 4 aromatic rings. The van der Waals surface area contributed by atoms with Gasteiger partial charge in [0.25, 0.3) is 0 Å². The number of aryl methyl sites for hydroxylation is 1. The number of anilines is 1. The average molecular weight is 364 g/mol. The van der Waals surface area contributed by atoms with Gasteiger partial charge in [0, 0.05) is 28.6 Å². The van der Waals surface area contributed by atoms with E-state index in [9.17, 15) is 4.79 Å². The number of hydrogen-bond donors (Lipinski definition) is 1. The molecule has 7 nitrogen and oxygen atoms in total. The summed E-state index contributed by atoms with van der Waals surface area (Å²) in [7, 11) is 1.69. The van der Waals surface area contributed by atoms with E-state index < -0.39 is 0 Å². The highest BCUT2D eigenvalue weighted by molar-refractivity contribution is 7.18. The number of thiophene rings is 1. The molecule has 0 radical (unpaired) electrons. The van der Waals surface area contributed by atoms with Gasteiger partial charge in [-0.1, -0.05) is 30.3 Å². The van der Waals surface area contributed by atoms with Gasteiger partial charge in [0.2, 0.25) is 5.91 Å². The molecular weight excluding hydrogens is 348 g/mol. The number of carbonyl (C=O) groups is 1. The number of aromatic nitrogens is 5. The van der Waals surface area contributed by atoms with E-state index in [2.05, 4.69) is 44.9 Å². The number of amides is 1. The Kier molecular flexibility index (Phi) is 4.32. The maximum Gasteiger partial charge on any atom is 0.247 e. The van der Waals surface area contributed by atoms with Crippen LogP contribution >= 0.6 is 11.3 Å². The summed E-state index contributed by atoms with van der Waals surface area (Å²) in [6.07, 6.45) is 5.15. The van der Waals surface area contributed by atoms with E-state index in [-0.39, 0.29) is 12.5 Å². The van der Waals surface area contributed by atoms with E-state index in [0.29, 0.717) is 5.82 Å². The van der Waals surface area contributed by atoms with Gasteiger partial charge in [0.15, 0.2) is 5.82 Å². The van der Waals surface area contributed by atoms with E-state index >= 15 is 0 Å². The van der Waals surface area contributed by atoms with Gasteiger partial charge in [-0.05, 0) is 17.7 Å². The van der Waals surface area contributed by atoms with Crippen LogP contribution < -0.4 is 5.32 Å². The van der Waals surface area contributed by atoms with Crippen molar-refractivity contribution in [2.24, 2.45) is 7.05 Å². The number of rotatable bonds is 5. The molecule has 0 atom stereocenters. The van der Waals surface area contributed by atoms with Crippen molar-refractivity contribution in [3.63, 3.8) is 0 Å². The molecular formula is C18H16N6OS. The van der Waals surface area contributed by atoms with Crippen LogP contribution in [0.4, 0.5) is 5.82 Å². The molecule has 130 valence electrons. The number of benzene rings is 1. The molecule has 26 heavy (non-hydrogen) atoms. The molecule has 0 spiro atoms. The van der Waals surface area contributed by atoms with Gasteiger partial charge >= 0.3 is 0 Å². The Bertz CT molecular complexity index is 1030. The van der Waals surface area contributed by atoms with Crippen molar-refractivity contribution < 1.29 is 4.79 Å². The zero-order chi connectivity index (χ0) is 17.9. The second-order valence-electron chi connectivity index (χ2n) is 5.72. The van der Waals surface area contributed by atoms with Crippen molar-refractivity contribution >= 4 is 23.1 Å². The maximum absolute atomic E-state index is 12.1. The zero-order valence-corrected chi connectivity index (χ0v) is 14.8. The van der Waals surface area contributed by atoms with E-state index in [0.717, 1.165) is 10.4 Å². The lowest BCUT2D eigenvalue weighted by atomic mass is 10.2. The predicted octanol–water partition coefficient (Wildman–Crippen LogP) is 3.05. The third kappa shape index (κ3) is 3.55. The molecule has 0 bridgehead atoms. The van der Waals surface area contributed by atoms with Crippen LogP contribution in [0.15, 0.2) is 61.1 Å². The molecule has 3 aromatic heterocycles. The van der Waals surface area contributed by atoms with Crippen LogP contribution in [0, 0.1) is 0 Å². The van der Waals surface area contributed by atoms with Gasteiger partial charge in [-0.3, -0.25) is 9.48 Å². The second-order valence-corrected chi connectivity index (χ2v) is 6.81. The highest BCUT2D eigenvalue weighted by atomic mass is 32.1. The van der Waals surface area contributed by atoms with Crippen LogP contribution in [0.5, 0.6) is 0 Å². The monoisotopic (exact) mass is 364 g/mol. The highest BCUT2D eigenvalue weighted by Gasteiger charge is 2.10. The van der Waals surface area contributed by atoms with Crippen molar-refractivity contribution in [1.82, 2.24) is 24.8 Å². The fourth-order valence-corrected chi connectivity index (χ4v) is 3.55. The van der Waals surface area contributed by atoms with E-state index in [4.69, 9.17) is 0 Å². The third-order valence-corrected chi connectivity index (χ3v) is 4.94. The molecule has 0 aliphatic heterocycles. The van der Waals surface area contributed by atoms with Gasteiger partial charge < -0.3 is 5.32 Å². The smallest absolute Gasteiger partial charge is 0.247 e. The fourth-order valence-electron chi connectivity index (χ4n) is 2.56. The Hall–Kier alpha value is -3.26. The first kappa shape index (κ1) is 16.2. The van der Waals surface area contributed by atoms with Crippen LogP contribution in [0.25, 0.3) is 20.9 Å². The van der Waals surface area contributed by atoms with Crippen LogP contribution in [0.2, 0.25) is 0 Å². The molecule has 0 aliphatic rings. The minimum absolute atomic E-state index is 0.119. The maximum atomic E-state index is 12.1. The first-order chi connectivity index (χ1) is 12.7. The second kappa shape index (κ2) is 6.93. The lowest BCUT2D eigenvalue weighted by Gasteiger charge is -2.01. The lowest BCUT2D eigenvalue weighted by Crippen LogP contribution is -2.19. The summed E-state index contributed by atoms with van der Waals surface area (Å²) in [5.41, 5.74) is 2.18. The predicted molar refractivity (Wildman–Crippen MR) is 101 cm³/mol. The summed E-state index contributed by atoms with van der Waals surface area (Å²) in [6, 6.07) is 14.4. The Balaban J connectivity index is 1.45. The first-order valence-electron chi connectivity index (χ1n) is 8.01. The molecule has 4 rings (SSSR count). The Morgan fingerprint density at radius 3 is 2.54 bits per heavy atom.